The molecule has 4 nitrogen and oxygen atoms in total. The van der Waals surface area contributed by atoms with Gasteiger partial charge in [-0.3, -0.25) is 0 Å². The number of hydrogen-bond donors (Lipinski definition) is 2. The van der Waals surface area contributed by atoms with E-state index in [4.69, 9.17) is 9.31 Å². The van der Waals surface area contributed by atoms with Gasteiger partial charge in [0.25, 0.3) is 0 Å². The average molecular weight is 344 g/mol. The number of benzene rings is 1. The van der Waals surface area contributed by atoms with Crippen molar-refractivity contribution in [3.05, 3.63) is 34.8 Å². The molecule has 0 aliphatic carbocycles. The highest BCUT2D eigenvalue weighted by Crippen LogP contribution is 2.39. The molecule has 0 radical (unpaired) electrons. The van der Waals surface area contributed by atoms with E-state index in [1.165, 1.54) is 6.08 Å². The van der Waals surface area contributed by atoms with Gasteiger partial charge < -0.3 is 19.5 Å². The lowest BCUT2D eigenvalue weighted by molar-refractivity contribution is -0.137. The number of aliphatic hydroxyl groups excluding tert-OH is 1. The number of phenols is 1. The van der Waals surface area contributed by atoms with Crippen molar-refractivity contribution in [3.63, 3.8) is 0 Å². The Hall–Kier alpha value is -1.51. The van der Waals surface area contributed by atoms with Crippen molar-refractivity contribution in [1.82, 2.24) is 0 Å². The molecule has 1 saturated heterocycles. The Balaban J connectivity index is 2.32. The SMILES string of the molecule is CC1(C)OB(C(=Cc2ccc(C(F)(F)F)cc2O)CO)OC1(C)C. The van der Waals surface area contributed by atoms with Crippen LogP contribution in [-0.2, 0) is 15.5 Å². The van der Waals surface area contributed by atoms with E-state index in [0.29, 0.717) is 11.5 Å². The van der Waals surface area contributed by atoms with Crippen LogP contribution in [0.5, 0.6) is 5.75 Å². The third-order valence-corrected chi connectivity index (χ3v) is 4.44. The smallest absolute Gasteiger partial charge is 0.492 e. The zero-order valence-corrected chi connectivity index (χ0v) is 13.9. The zero-order valence-electron chi connectivity index (χ0n) is 13.9. The Bertz CT molecular complexity index is 637. The van der Waals surface area contributed by atoms with E-state index in [0.717, 1.165) is 12.1 Å². The maximum atomic E-state index is 12.6. The monoisotopic (exact) mass is 344 g/mol. The van der Waals surface area contributed by atoms with E-state index in [1.54, 1.807) is 0 Å². The molecule has 1 aromatic carbocycles. The summed E-state index contributed by atoms with van der Waals surface area (Å²) in [6, 6.07) is 2.65. The van der Waals surface area contributed by atoms with Gasteiger partial charge in [-0.1, -0.05) is 12.1 Å². The van der Waals surface area contributed by atoms with Gasteiger partial charge in [-0.05, 0) is 45.3 Å². The molecular formula is C16H20BF3O4. The Morgan fingerprint density at radius 2 is 1.71 bits per heavy atom. The van der Waals surface area contributed by atoms with Crippen molar-refractivity contribution in [2.24, 2.45) is 0 Å². The highest BCUT2D eigenvalue weighted by atomic mass is 19.4. The van der Waals surface area contributed by atoms with Crippen LogP contribution in [-0.4, -0.2) is 35.1 Å². The molecule has 0 aromatic heterocycles. The molecule has 1 aliphatic heterocycles. The first kappa shape index (κ1) is 18.8. The van der Waals surface area contributed by atoms with Gasteiger partial charge in [-0.15, -0.1) is 0 Å². The first-order valence-corrected chi connectivity index (χ1v) is 7.44. The third kappa shape index (κ3) is 3.60. The molecule has 1 heterocycles. The van der Waals surface area contributed by atoms with E-state index in [2.05, 4.69) is 0 Å². The van der Waals surface area contributed by atoms with Gasteiger partial charge in [0.2, 0.25) is 0 Å². The quantitative estimate of drug-likeness (QED) is 0.825. The van der Waals surface area contributed by atoms with E-state index < -0.39 is 42.4 Å². The Morgan fingerprint density at radius 3 is 2.12 bits per heavy atom. The van der Waals surface area contributed by atoms with Crippen LogP contribution in [0.25, 0.3) is 6.08 Å². The van der Waals surface area contributed by atoms with Gasteiger partial charge in [0, 0.05) is 5.56 Å². The standard InChI is InChI=1S/C16H20BF3O4/c1-14(2)15(3,4)24-17(23-14)12(9-21)7-10-5-6-11(8-13(10)22)16(18,19)20/h5-8,21-22H,9H2,1-4H3. The van der Waals surface area contributed by atoms with Gasteiger partial charge in [0.15, 0.2) is 0 Å². The molecule has 0 saturated carbocycles. The maximum absolute atomic E-state index is 12.6. The first-order valence-electron chi connectivity index (χ1n) is 7.44. The molecule has 1 aliphatic rings. The van der Waals surface area contributed by atoms with Crippen LogP contribution in [0.1, 0.15) is 38.8 Å². The summed E-state index contributed by atoms with van der Waals surface area (Å²) in [5.74, 6) is -0.535. The minimum Gasteiger partial charge on any atom is -0.507 e. The molecule has 132 valence electrons. The minimum absolute atomic E-state index is 0.141. The van der Waals surface area contributed by atoms with Gasteiger partial charge in [-0.25, -0.2) is 0 Å². The van der Waals surface area contributed by atoms with Crippen LogP contribution in [0.2, 0.25) is 0 Å². The summed E-state index contributed by atoms with van der Waals surface area (Å²) in [6.07, 6.45) is -3.16. The van der Waals surface area contributed by atoms with Crippen molar-refractivity contribution in [2.45, 2.75) is 45.1 Å². The van der Waals surface area contributed by atoms with Crippen LogP contribution in [0, 0.1) is 0 Å². The van der Waals surface area contributed by atoms with Crippen LogP contribution in [0.3, 0.4) is 0 Å². The lowest BCUT2D eigenvalue weighted by atomic mass is 9.77. The summed E-state index contributed by atoms with van der Waals surface area (Å²) in [5, 5.41) is 19.4. The van der Waals surface area contributed by atoms with Gasteiger partial charge in [0.1, 0.15) is 5.75 Å². The number of alkyl halides is 3. The van der Waals surface area contributed by atoms with Crippen molar-refractivity contribution < 1.29 is 32.7 Å². The van der Waals surface area contributed by atoms with Crippen LogP contribution in [0.4, 0.5) is 13.2 Å². The van der Waals surface area contributed by atoms with Gasteiger partial charge in [0.05, 0.1) is 23.4 Å². The molecule has 1 fully saturated rings. The highest BCUT2D eigenvalue weighted by molar-refractivity contribution is 6.55. The largest absolute Gasteiger partial charge is 0.507 e. The number of hydrogen-bond acceptors (Lipinski definition) is 4. The second-order valence-electron chi connectivity index (χ2n) is 6.74. The van der Waals surface area contributed by atoms with Crippen molar-refractivity contribution >= 4 is 13.2 Å². The van der Waals surface area contributed by atoms with Gasteiger partial charge >= 0.3 is 13.3 Å². The lowest BCUT2D eigenvalue weighted by Crippen LogP contribution is -2.41. The fraction of sp³-hybridized carbons (Fsp3) is 0.500. The summed E-state index contributed by atoms with van der Waals surface area (Å²) < 4.78 is 49.5. The summed E-state index contributed by atoms with van der Waals surface area (Å²) >= 11 is 0. The zero-order chi connectivity index (χ0) is 18.3. The molecule has 0 spiro atoms. The fourth-order valence-corrected chi connectivity index (χ4v) is 2.22. The third-order valence-electron chi connectivity index (χ3n) is 4.44. The number of aromatic hydroxyl groups is 1. The van der Waals surface area contributed by atoms with E-state index in [1.807, 2.05) is 27.7 Å². The molecule has 1 aromatic rings. The van der Waals surface area contributed by atoms with Crippen molar-refractivity contribution in [2.75, 3.05) is 6.61 Å². The predicted molar refractivity (Wildman–Crippen MR) is 84.3 cm³/mol. The first-order chi connectivity index (χ1) is 10.9. The molecule has 0 unspecified atom stereocenters. The van der Waals surface area contributed by atoms with E-state index >= 15 is 0 Å². The number of rotatable bonds is 3. The number of phenolic OH excluding ortho intramolecular Hbond substituents is 1. The Kier molecular flexibility index (Phi) is 4.78. The fourth-order valence-electron chi connectivity index (χ4n) is 2.22. The summed E-state index contributed by atoms with van der Waals surface area (Å²) in [5.41, 5.74) is -1.73. The van der Waals surface area contributed by atoms with Crippen molar-refractivity contribution in [1.29, 1.82) is 0 Å². The molecule has 24 heavy (non-hydrogen) atoms. The van der Waals surface area contributed by atoms with E-state index in [-0.39, 0.29) is 5.56 Å². The molecule has 2 rings (SSSR count). The molecular weight excluding hydrogens is 324 g/mol. The van der Waals surface area contributed by atoms with Gasteiger partial charge in [-0.2, -0.15) is 13.2 Å². The topological polar surface area (TPSA) is 58.9 Å². The summed E-state index contributed by atoms with van der Waals surface area (Å²) in [7, 11) is -0.846. The predicted octanol–water partition coefficient (Wildman–Crippen LogP) is 3.42. The van der Waals surface area contributed by atoms with Crippen LogP contribution in [0.15, 0.2) is 23.7 Å². The molecule has 2 N–H and O–H groups in total. The number of aliphatic hydroxyl groups is 1. The second kappa shape index (κ2) is 6.09. The normalized spacial score (nSPS) is 20.5. The van der Waals surface area contributed by atoms with Crippen molar-refractivity contribution in [3.8, 4) is 5.75 Å². The minimum atomic E-state index is -4.54. The molecule has 0 bridgehead atoms. The summed E-state index contributed by atoms with van der Waals surface area (Å²) in [4.78, 5) is 0. The molecule has 0 amide bonds. The van der Waals surface area contributed by atoms with Crippen LogP contribution >= 0.6 is 0 Å². The average Bonchev–Trinajstić information content (AvgIpc) is 2.64. The molecule has 0 atom stereocenters. The second-order valence-corrected chi connectivity index (χ2v) is 6.74. The maximum Gasteiger partial charge on any atom is 0.492 e. The molecule has 8 heteroatoms. The highest BCUT2D eigenvalue weighted by Gasteiger charge is 2.52. The Morgan fingerprint density at radius 1 is 1.17 bits per heavy atom. The summed E-state index contributed by atoms with van der Waals surface area (Å²) in [6.45, 7) is 6.96. The van der Waals surface area contributed by atoms with E-state index in [9.17, 15) is 23.4 Å². The number of halogens is 3. The van der Waals surface area contributed by atoms with Crippen LogP contribution < -0.4 is 0 Å². The Labute approximate surface area is 139 Å². The lowest BCUT2D eigenvalue weighted by Gasteiger charge is -2.32.